The minimum absolute atomic E-state index is 0.0601. The molecule has 0 aliphatic carbocycles. The Morgan fingerprint density at radius 3 is 2.44 bits per heavy atom. The van der Waals surface area contributed by atoms with Crippen LogP contribution in [0.3, 0.4) is 0 Å². The van der Waals surface area contributed by atoms with Crippen molar-refractivity contribution in [2.75, 3.05) is 37.7 Å². The largest absolute Gasteiger partial charge is 0.494 e. The maximum absolute atomic E-state index is 14.6. The molecule has 6 atom stereocenters. The summed E-state index contributed by atoms with van der Waals surface area (Å²) in [5.74, 6) is -0.653. The van der Waals surface area contributed by atoms with E-state index in [2.05, 4.69) is 33.9 Å². The number of unbranched alkanes of at least 4 members (excludes halogenated alkanes) is 1. The van der Waals surface area contributed by atoms with Crippen molar-refractivity contribution in [2.24, 2.45) is 17.8 Å². The first-order chi connectivity index (χ1) is 20.7. The molecule has 236 valence electrons. The van der Waals surface area contributed by atoms with Crippen molar-refractivity contribution in [2.45, 2.75) is 81.9 Å². The number of carbonyl (C=O) groups is 3. The fraction of sp³-hybridized carbons (Fsp3) is 0.618. The molecule has 3 saturated heterocycles. The lowest BCUT2D eigenvalue weighted by atomic mass is 9.70. The van der Waals surface area contributed by atoms with Crippen LogP contribution < -0.4 is 9.64 Å². The average molecular weight is 612 g/mol. The van der Waals surface area contributed by atoms with Gasteiger partial charge in [0, 0.05) is 30.6 Å². The molecule has 1 N–H and O–H groups in total. The zero-order valence-corrected chi connectivity index (χ0v) is 27.1. The molecule has 4 rings (SSSR count). The zero-order chi connectivity index (χ0) is 31.3. The van der Waals surface area contributed by atoms with Gasteiger partial charge in [0.15, 0.2) is 0 Å². The molecule has 1 spiro atoms. The number of anilines is 1. The summed E-state index contributed by atoms with van der Waals surface area (Å²) in [5, 5.41) is 10.5. The SMILES string of the molecule is C=CCN(CCCC)C(=O)C1N([C@@H](CO)CC(C)C)C(=O)[C@@H]2[C@H](C(=O)N(CC=C)c3ccc(OCC)cc3)[C@@H]3CCC12S3. The highest BCUT2D eigenvalue weighted by molar-refractivity contribution is 8.02. The third kappa shape index (κ3) is 6.25. The van der Waals surface area contributed by atoms with E-state index in [0.29, 0.717) is 39.1 Å². The second-order valence-corrected chi connectivity index (χ2v) is 14.0. The van der Waals surface area contributed by atoms with Crippen molar-refractivity contribution in [3.05, 3.63) is 49.6 Å². The topological polar surface area (TPSA) is 90.4 Å². The van der Waals surface area contributed by atoms with Crippen molar-refractivity contribution >= 4 is 35.2 Å². The lowest BCUT2D eigenvalue weighted by Gasteiger charge is -2.40. The van der Waals surface area contributed by atoms with Crippen LogP contribution in [0.4, 0.5) is 5.69 Å². The quantitative estimate of drug-likeness (QED) is 0.267. The predicted octanol–water partition coefficient (Wildman–Crippen LogP) is 4.92. The molecule has 1 aromatic rings. The van der Waals surface area contributed by atoms with Crippen LogP contribution in [0.25, 0.3) is 0 Å². The number of hydrogen-bond donors (Lipinski definition) is 1. The Morgan fingerprint density at radius 1 is 1.16 bits per heavy atom. The minimum atomic E-state index is -0.733. The van der Waals surface area contributed by atoms with Gasteiger partial charge in [-0.05, 0) is 62.8 Å². The fourth-order valence-electron chi connectivity index (χ4n) is 7.36. The molecular weight excluding hydrogens is 562 g/mol. The predicted molar refractivity (Wildman–Crippen MR) is 173 cm³/mol. The van der Waals surface area contributed by atoms with Crippen LogP contribution >= 0.6 is 11.8 Å². The van der Waals surface area contributed by atoms with Crippen molar-refractivity contribution < 1.29 is 24.2 Å². The third-order valence-corrected chi connectivity index (χ3v) is 11.0. The van der Waals surface area contributed by atoms with E-state index in [1.54, 1.807) is 33.7 Å². The summed E-state index contributed by atoms with van der Waals surface area (Å²) in [6.07, 6.45) is 7.25. The van der Waals surface area contributed by atoms with E-state index in [0.717, 1.165) is 30.7 Å². The summed E-state index contributed by atoms with van der Waals surface area (Å²) in [4.78, 5) is 48.8. The van der Waals surface area contributed by atoms with E-state index in [4.69, 9.17) is 4.74 Å². The highest BCUT2D eigenvalue weighted by Crippen LogP contribution is 2.67. The number of benzene rings is 1. The summed E-state index contributed by atoms with van der Waals surface area (Å²) >= 11 is 1.66. The number of carbonyl (C=O) groups excluding carboxylic acids is 3. The molecule has 2 unspecified atom stereocenters. The van der Waals surface area contributed by atoms with Crippen LogP contribution in [0.15, 0.2) is 49.6 Å². The van der Waals surface area contributed by atoms with E-state index in [1.165, 1.54) is 0 Å². The van der Waals surface area contributed by atoms with Crippen LogP contribution in [0.2, 0.25) is 0 Å². The Labute approximate surface area is 261 Å². The number of amides is 3. The smallest absolute Gasteiger partial charge is 0.247 e. The van der Waals surface area contributed by atoms with Crippen molar-refractivity contribution in [3.8, 4) is 5.75 Å². The maximum atomic E-state index is 14.6. The third-order valence-electron chi connectivity index (χ3n) is 9.08. The number of aliphatic hydroxyl groups is 1. The number of likely N-dealkylation sites (tertiary alicyclic amines) is 1. The molecular formula is C34H49N3O5S. The molecule has 3 aliphatic heterocycles. The van der Waals surface area contributed by atoms with Gasteiger partial charge >= 0.3 is 0 Å². The van der Waals surface area contributed by atoms with Crippen molar-refractivity contribution in [3.63, 3.8) is 0 Å². The van der Waals surface area contributed by atoms with Crippen LogP contribution in [0, 0.1) is 17.8 Å². The Hall–Kier alpha value is -2.78. The van der Waals surface area contributed by atoms with E-state index in [9.17, 15) is 19.5 Å². The normalized spacial score (nSPS) is 26.4. The molecule has 1 aromatic carbocycles. The number of nitrogens with zero attached hydrogens (tertiary/aromatic N) is 3. The number of thioether (sulfide) groups is 1. The first kappa shape index (κ1) is 33.1. The van der Waals surface area contributed by atoms with Gasteiger partial charge in [0.05, 0.1) is 35.8 Å². The van der Waals surface area contributed by atoms with E-state index >= 15 is 0 Å². The van der Waals surface area contributed by atoms with Gasteiger partial charge in [0.1, 0.15) is 11.8 Å². The monoisotopic (exact) mass is 611 g/mol. The van der Waals surface area contributed by atoms with Gasteiger partial charge < -0.3 is 24.5 Å². The second kappa shape index (κ2) is 14.3. The summed E-state index contributed by atoms with van der Waals surface area (Å²) in [7, 11) is 0. The van der Waals surface area contributed by atoms with E-state index < -0.39 is 28.7 Å². The average Bonchev–Trinajstić information content (AvgIpc) is 3.64. The van der Waals surface area contributed by atoms with E-state index in [-0.39, 0.29) is 35.5 Å². The summed E-state index contributed by atoms with van der Waals surface area (Å²) in [6, 6.07) is 6.19. The van der Waals surface area contributed by atoms with Crippen LogP contribution in [-0.4, -0.2) is 87.6 Å². The van der Waals surface area contributed by atoms with E-state index in [1.807, 2.05) is 36.1 Å². The second-order valence-electron chi connectivity index (χ2n) is 12.4. The highest BCUT2D eigenvalue weighted by Gasteiger charge is 2.74. The molecule has 0 aromatic heterocycles. The maximum Gasteiger partial charge on any atom is 0.247 e. The Morgan fingerprint density at radius 2 is 1.86 bits per heavy atom. The van der Waals surface area contributed by atoms with Crippen molar-refractivity contribution in [1.82, 2.24) is 9.80 Å². The molecule has 2 bridgehead atoms. The van der Waals surface area contributed by atoms with Gasteiger partial charge in [0.2, 0.25) is 17.7 Å². The molecule has 3 fully saturated rings. The van der Waals surface area contributed by atoms with Crippen molar-refractivity contribution in [1.29, 1.82) is 0 Å². The number of fused-ring (bicyclic) bond motifs is 1. The Kier molecular flexibility index (Phi) is 11.0. The molecule has 3 amide bonds. The van der Waals surface area contributed by atoms with Gasteiger partial charge in [0.25, 0.3) is 0 Å². The molecule has 0 saturated carbocycles. The number of aliphatic hydroxyl groups excluding tert-OH is 1. The lowest BCUT2D eigenvalue weighted by Crippen LogP contribution is -2.57. The minimum Gasteiger partial charge on any atom is -0.494 e. The first-order valence-corrected chi connectivity index (χ1v) is 16.7. The molecule has 43 heavy (non-hydrogen) atoms. The Bertz CT molecular complexity index is 1170. The first-order valence-electron chi connectivity index (χ1n) is 15.8. The van der Waals surface area contributed by atoms with Gasteiger partial charge in [-0.1, -0.05) is 39.3 Å². The zero-order valence-electron chi connectivity index (χ0n) is 26.2. The van der Waals surface area contributed by atoms with Crippen LogP contribution in [0.1, 0.15) is 59.8 Å². The number of ether oxygens (including phenoxy) is 1. The van der Waals surface area contributed by atoms with Gasteiger partial charge in [-0.3, -0.25) is 14.4 Å². The number of hydrogen-bond acceptors (Lipinski definition) is 6. The summed E-state index contributed by atoms with van der Waals surface area (Å²) in [6.45, 7) is 17.5. The van der Waals surface area contributed by atoms with Crippen LogP contribution in [0.5, 0.6) is 5.75 Å². The molecule has 3 heterocycles. The summed E-state index contributed by atoms with van der Waals surface area (Å²) in [5.41, 5.74) is 0.717. The molecule has 9 heteroatoms. The highest BCUT2D eigenvalue weighted by atomic mass is 32.2. The lowest BCUT2D eigenvalue weighted by molar-refractivity contribution is -0.146. The Balaban J connectivity index is 1.76. The van der Waals surface area contributed by atoms with Crippen LogP contribution in [-0.2, 0) is 14.4 Å². The number of rotatable bonds is 16. The van der Waals surface area contributed by atoms with Gasteiger partial charge in [-0.2, -0.15) is 0 Å². The summed E-state index contributed by atoms with van der Waals surface area (Å²) < 4.78 is 4.88. The van der Waals surface area contributed by atoms with Gasteiger partial charge in [-0.25, -0.2) is 0 Å². The van der Waals surface area contributed by atoms with Gasteiger partial charge in [-0.15, -0.1) is 24.9 Å². The standard InChI is InChI=1S/C34H49N3O5S/c1-7-11-20-35(18-8-2)33(41)30-34-17-16-27(43-34)28(29(34)32(40)37(30)25(22-38)21-23(5)6)31(39)36(19-9-3)24-12-14-26(15-13-24)42-10-4/h8-9,12-15,23,25,27-30,38H,2-3,7,10-11,16-22H2,1,4-6H3/t25-,27+,28-,29+,30?,34?/m1/s1. The molecule has 3 aliphatic rings. The fourth-order valence-corrected chi connectivity index (χ4v) is 9.55. The molecule has 0 radical (unpaired) electrons. The molecule has 8 nitrogen and oxygen atoms in total.